The maximum Gasteiger partial charge on any atom is 0.408 e. The molecular formula is C28H21N3O5. The lowest BCUT2D eigenvalue weighted by molar-refractivity contribution is -0.126. The molecule has 0 radical (unpaired) electrons. The first kappa shape index (κ1) is 22.8. The third kappa shape index (κ3) is 4.39. The van der Waals surface area contributed by atoms with Crippen molar-refractivity contribution in [2.45, 2.75) is 12.6 Å². The van der Waals surface area contributed by atoms with Crippen LogP contribution in [0.2, 0.25) is 0 Å². The fourth-order valence-corrected chi connectivity index (χ4v) is 4.14. The van der Waals surface area contributed by atoms with Crippen molar-refractivity contribution in [3.8, 4) is 0 Å². The molecule has 1 aliphatic heterocycles. The van der Waals surface area contributed by atoms with Gasteiger partial charge in [-0.25, -0.2) is 4.79 Å². The summed E-state index contributed by atoms with van der Waals surface area (Å²) in [5, 5.41) is 4.52. The van der Waals surface area contributed by atoms with Crippen LogP contribution in [0.1, 0.15) is 37.9 Å². The summed E-state index contributed by atoms with van der Waals surface area (Å²) in [5.41, 5.74) is 4.24. The molecule has 0 fully saturated rings. The van der Waals surface area contributed by atoms with E-state index in [9.17, 15) is 19.2 Å². The molecule has 4 aromatic rings. The lowest BCUT2D eigenvalue weighted by atomic mass is 9.95. The second-order valence-electron chi connectivity index (χ2n) is 8.18. The monoisotopic (exact) mass is 479 g/mol. The van der Waals surface area contributed by atoms with E-state index in [0.717, 1.165) is 10.9 Å². The van der Waals surface area contributed by atoms with E-state index in [1.54, 1.807) is 66.7 Å². The van der Waals surface area contributed by atoms with E-state index in [2.05, 4.69) is 10.7 Å². The van der Waals surface area contributed by atoms with Crippen molar-refractivity contribution in [2.24, 2.45) is 0 Å². The first-order chi connectivity index (χ1) is 17.5. The van der Waals surface area contributed by atoms with Crippen LogP contribution < -0.4 is 10.7 Å². The average molecular weight is 479 g/mol. The zero-order valence-electron chi connectivity index (χ0n) is 19.0. The number of rotatable bonds is 6. The topological polar surface area (TPSA) is 105 Å². The lowest BCUT2D eigenvalue weighted by Crippen LogP contribution is -2.54. The normalized spacial score (nSPS) is 13.3. The molecule has 0 aliphatic carbocycles. The van der Waals surface area contributed by atoms with E-state index in [-0.39, 0.29) is 6.61 Å². The molecule has 1 atom stereocenters. The molecular weight excluding hydrogens is 458 g/mol. The fourth-order valence-electron chi connectivity index (χ4n) is 4.14. The summed E-state index contributed by atoms with van der Waals surface area (Å²) in [6.07, 6.45) is -0.825. The van der Waals surface area contributed by atoms with Crippen molar-refractivity contribution in [1.82, 2.24) is 15.8 Å². The van der Waals surface area contributed by atoms with E-state index in [1.807, 2.05) is 30.3 Å². The molecule has 0 unspecified atom stereocenters. The van der Waals surface area contributed by atoms with Crippen LogP contribution >= 0.6 is 0 Å². The zero-order valence-corrected chi connectivity index (χ0v) is 19.0. The van der Waals surface area contributed by atoms with Gasteiger partial charge in [0, 0.05) is 5.39 Å². The predicted molar refractivity (Wildman–Crippen MR) is 132 cm³/mol. The minimum atomic E-state index is -1.22. The van der Waals surface area contributed by atoms with E-state index in [0.29, 0.717) is 27.1 Å². The molecule has 0 bridgehead atoms. The Morgan fingerprint density at radius 3 is 1.94 bits per heavy atom. The Morgan fingerprint density at radius 1 is 0.750 bits per heavy atom. The number of benzene rings is 4. The van der Waals surface area contributed by atoms with Crippen LogP contribution in [0.5, 0.6) is 0 Å². The molecule has 4 amide bonds. The highest BCUT2D eigenvalue weighted by molar-refractivity contribution is 6.25. The van der Waals surface area contributed by atoms with Gasteiger partial charge >= 0.3 is 6.09 Å². The van der Waals surface area contributed by atoms with Crippen LogP contribution in [0.3, 0.4) is 0 Å². The van der Waals surface area contributed by atoms with Crippen LogP contribution in [-0.4, -0.2) is 28.8 Å². The number of nitrogens with zero attached hydrogens (tertiary/aromatic N) is 1. The van der Waals surface area contributed by atoms with Gasteiger partial charge in [-0.3, -0.25) is 19.8 Å². The molecule has 2 N–H and O–H groups in total. The SMILES string of the molecule is O=C(N[C@H](C(=O)NN1C(=O)c2cccc3cccc(c23)C1=O)c1ccccc1)OCc1ccccc1. The van der Waals surface area contributed by atoms with Gasteiger partial charge in [-0.2, -0.15) is 5.01 Å². The highest BCUT2D eigenvalue weighted by Gasteiger charge is 2.36. The minimum Gasteiger partial charge on any atom is -0.445 e. The van der Waals surface area contributed by atoms with Crippen molar-refractivity contribution < 1.29 is 23.9 Å². The summed E-state index contributed by atoms with van der Waals surface area (Å²) in [6.45, 7) is 0.0136. The molecule has 36 heavy (non-hydrogen) atoms. The largest absolute Gasteiger partial charge is 0.445 e. The highest BCUT2D eigenvalue weighted by Crippen LogP contribution is 2.29. The van der Waals surface area contributed by atoms with E-state index >= 15 is 0 Å². The second kappa shape index (κ2) is 9.71. The van der Waals surface area contributed by atoms with Gasteiger partial charge in [0.25, 0.3) is 17.7 Å². The Hall–Kier alpha value is -4.98. The van der Waals surface area contributed by atoms with Crippen molar-refractivity contribution in [3.63, 3.8) is 0 Å². The first-order valence-electron chi connectivity index (χ1n) is 11.3. The summed E-state index contributed by atoms with van der Waals surface area (Å²) >= 11 is 0. The Kier molecular flexibility index (Phi) is 6.15. The number of hydrogen-bond acceptors (Lipinski definition) is 5. The fraction of sp³-hybridized carbons (Fsp3) is 0.0714. The van der Waals surface area contributed by atoms with Gasteiger partial charge in [-0.15, -0.1) is 0 Å². The molecule has 178 valence electrons. The van der Waals surface area contributed by atoms with Crippen molar-refractivity contribution in [3.05, 3.63) is 119 Å². The van der Waals surface area contributed by atoms with Crippen LogP contribution in [0, 0.1) is 0 Å². The van der Waals surface area contributed by atoms with Crippen LogP contribution in [0.15, 0.2) is 97.1 Å². The molecule has 0 saturated heterocycles. The second-order valence-corrected chi connectivity index (χ2v) is 8.18. The maximum atomic E-state index is 13.3. The number of alkyl carbamates (subject to hydrolysis) is 1. The molecule has 1 heterocycles. The average Bonchev–Trinajstić information content (AvgIpc) is 2.92. The first-order valence-corrected chi connectivity index (χ1v) is 11.3. The molecule has 4 aromatic carbocycles. The Balaban J connectivity index is 1.37. The standard InChI is InChI=1S/C28H21N3O5/c32-25(30-31-26(33)21-15-7-13-19-14-8-16-22(23(19)21)27(31)34)24(20-11-5-2-6-12-20)29-28(35)36-17-18-9-3-1-4-10-18/h1-16,24H,17H2,(H,29,35)(H,30,32)/t24-/m0/s1. The van der Waals surface area contributed by atoms with Crippen LogP contribution in [-0.2, 0) is 16.1 Å². The summed E-state index contributed by atoms with van der Waals surface area (Å²) in [7, 11) is 0. The predicted octanol–water partition coefficient (Wildman–Crippen LogP) is 4.13. The smallest absolute Gasteiger partial charge is 0.408 e. The number of ether oxygens (including phenoxy) is 1. The number of amides is 4. The van der Waals surface area contributed by atoms with Gasteiger partial charge in [0.15, 0.2) is 0 Å². The van der Waals surface area contributed by atoms with Crippen molar-refractivity contribution in [1.29, 1.82) is 0 Å². The molecule has 8 nitrogen and oxygen atoms in total. The van der Waals surface area contributed by atoms with E-state index in [1.165, 1.54) is 0 Å². The van der Waals surface area contributed by atoms with Crippen LogP contribution in [0.25, 0.3) is 10.8 Å². The molecule has 0 aromatic heterocycles. The number of hydrogen-bond donors (Lipinski definition) is 2. The van der Waals surface area contributed by atoms with Gasteiger partial charge < -0.3 is 10.1 Å². The number of hydrazine groups is 1. The molecule has 0 spiro atoms. The van der Waals surface area contributed by atoms with E-state index in [4.69, 9.17) is 4.74 Å². The molecule has 5 rings (SSSR count). The summed E-state index contributed by atoms with van der Waals surface area (Å²) < 4.78 is 5.27. The zero-order chi connectivity index (χ0) is 25.1. The summed E-state index contributed by atoms with van der Waals surface area (Å²) in [4.78, 5) is 52.2. The molecule has 8 heteroatoms. The van der Waals surface area contributed by atoms with Gasteiger partial charge in [0.1, 0.15) is 12.6 Å². The molecule has 1 aliphatic rings. The summed E-state index contributed by atoms with van der Waals surface area (Å²) in [6, 6.07) is 26.6. The van der Waals surface area contributed by atoms with Crippen molar-refractivity contribution >= 4 is 34.6 Å². The third-order valence-corrected chi connectivity index (χ3v) is 5.86. The third-order valence-electron chi connectivity index (χ3n) is 5.86. The maximum absolute atomic E-state index is 13.3. The van der Waals surface area contributed by atoms with Crippen LogP contribution in [0.4, 0.5) is 4.79 Å². The lowest BCUT2D eigenvalue weighted by Gasteiger charge is -2.29. The number of carbonyl (C=O) groups is 4. The number of nitrogens with one attached hydrogen (secondary N) is 2. The molecule has 0 saturated carbocycles. The van der Waals surface area contributed by atoms with Gasteiger partial charge in [-0.1, -0.05) is 84.9 Å². The van der Waals surface area contributed by atoms with E-state index < -0.39 is 29.9 Å². The van der Waals surface area contributed by atoms with Crippen molar-refractivity contribution in [2.75, 3.05) is 0 Å². The van der Waals surface area contributed by atoms with Gasteiger partial charge in [0.05, 0.1) is 11.1 Å². The van der Waals surface area contributed by atoms with Gasteiger partial charge in [0.2, 0.25) is 0 Å². The Morgan fingerprint density at radius 2 is 1.33 bits per heavy atom. The Bertz CT molecular complexity index is 1420. The summed E-state index contributed by atoms with van der Waals surface area (Å²) in [5.74, 6) is -2.08. The Labute approximate surface area is 206 Å². The van der Waals surface area contributed by atoms with Gasteiger partial charge in [-0.05, 0) is 28.6 Å². The quantitative estimate of drug-likeness (QED) is 0.405. The highest BCUT2D eigenvalue weighted by atomic mass is 16.5. The number of imide groups is 1. The number of carbonyl (C=O) groups excluding carboxylic acids is 4. The minimum absolute atomic E-state index is 0.0136.